The zero-order chi connectivity index (χ0) is 21.6. The molecule has 9 heteroatoms. The topological polar surface area (TPSA) is 81.0 Å². The number of nitrogens with zero attached hydrogens (tertiary/aromatic N) is 4. The molecular formula is C22H24FN4O3S-. The number of imidazole rings is 1. The molecule has 3 aromatic rings. The molecule has 0 spiro atoms. The van der Waals surface area contributed by atoms with Gasteiger partial charge in [0.2, 0.25) is 0 Å². The summed E-state index contributed by atoms with van der Waals surface area (Å²) in [7, 11) is -2.94. The van der Waals surface area contributed by atoms with Crippen molar-refractivity contribution in [1.82, 2.24) is 14.3 Å². The molecular weight excluding hydrogens is 419 g/mol. The molecule has 1 saturated heterocycles. The van der Waals surface area contributed by atoms with Gasteiger partial charge in [-0.25, -0.2) is 17.8 Å². The lowest BCUT2D eigenvalue weighted by Crippen LogP contribution is -2.39. The van der Waals surface area contributed by atoms with Crippen LogP contribution in [0.3, 0.4) is 0 Å². The van der Waals surface area contributed by atoms with Gasteiger partial charge in [-0.2, -0.15) is 0 Å². The molecule has 3 heterocycles. The molecule has 2 aliphatic rings. The molecule has 0 N–H and O–H groups in total. The molecule has 1 aliphatic carbocycles. The van der Waals surface area contributed by atoms with Crippen molar-refractivity contribution < 1.29 is 12.8 Å². The number of hydrogen-bond acceptors (Lipinski definition) is 6. The molecule has 0 bridgehead atoms. The summed E-state index contributed by atoms with van der Waals surface area (Å²) >= 11 is 0. The molecule has 7 nitrogen and oxygen atoms in total. The molecule has 0 atom stereocenters. The summed E-state index contributed by atoms with van der Waals surface area (Å²) in [5, 5.41) is 13.3. The zero-order valence-electron chi connectivity index (χ0n) is 17.1. The number of aromatic nitrogens is 2. The third-order valence-corrected chi connectivity index (χ3v) is 7.62. The average molecular weight is 444 g/mol. The van der Waals surface area contributed by atoms with Crippen LogP contribution < -0.4 is 5.06 Å². The number of hydrogen-bond donors (Lipinski definition) is 0. The first-order valence-electron chi connectivity index (χ1n) is 10.5. The maximum atomic E-state index is 15.1. The van der Waals surface area contributed by atoms with Gasteiger partial charge in [-0.15, -0.1) is 0 Å². The second kappa shape index (κ2) is 7.89. The number of pyridine rings is 1. The lowest BCUT2D eigenvalue weighted by atomic mass is 10.1. The Hall–Kier alpha value is -2.49. The van der Waals surface area contributed by atoms with E-state index in [1.807, 2.05) is 17.0 Å². The predicted molar refractivity (Wildman–Crippen MR) is 118 cm³/mol. The SMILES string of the molecule is O=S1(=O)CCN(Cc2ccc(-c3cccc4nc(N([O-])CC5CC5)cn34)c(F)c2)CC1. The van der Waals surface area contributed by atoms with Crippen LogP contribution in [0.15, 0.2) is 42.6 Å². The van der Waals surface area contributed by atoms with Crippen LogP contribution in [0.1, 0.15) is 18.4 Å². The number of fused-ring (bicyclic) bond motifs is 1. The Balaban J connectivity index is 1.39. The number of sulfone groups is 1. The largest absolute Gasteiger partial charge is 0.757 e. The van der Waals surface area contributed by atoms with Gasteiger partial charge in [0.1, 0.15) is 17.3 Å². The van der Waals surface area contributed by atoms with Gasteiger partial charge in [0, 0.05) is 31.7 Å². The lowest BCUT2D eigenvalue weighted by molar-refractivity contribution is 0.287. The predicted octanol–water partition coefficient (Wildman–Crippen LogP) is 3.09. The maximum Gasteiger partial charge on any atom is 0.152 e. The Bertz CT molecular complexity index is 1210. The van der Waals surface area contributed by atoms with Crippen LogP contribution >= 0.6 is 0 Å². The summed E-state index contributed by atoms with van der Waals surface area (Å²) in [5.41, 5.74) is 2.46. The molecule has 1 saturated carbocycles. The van der Waals surface area contributed by atoms with Crippen molar-refractivity contribution in [2.45, 2.75) is 19.4 Å². The second-order valence-corrected chi connectivity index (χ2v) is 10.8. The number of hydroxylamine groups is 1. The van der Waals surface area contributed by atoms with Crippen LogP contribution in [0, 0.1) is 16.9 Å². The fraction of sp³-hybridized carbons (Fsp3) is 0.409. The fourth-order valence-corrected chi connectivity index (χ4v) is 5.27. The smallest absolute Gasteiger partial charge is 0.152 e. The van der Waals surface area contributed by atoms with Crippen LogP contribution in [0.4, 0.5) is 10.2 Å². The standard InChI is InChI=1S/C22H24FN4O3S/c23-19-12-17(13-25-8-10-31(29,30)11-9-25)6-7-18(19)20-2-1-3-21-24-22(15-26(20)21)27(28)14-16-4-5-16/h1-3,6-7,12,15-16H,4-5,8-11,13-14H2/q-1. The number of benzene rings is 1. The average Bonchev–Trinajstić information content (AvgIpc) is 3.43. The van der Waals surface area contributed by atoms with E-state index in [1.54, 1.807) is 28.8 Å². The molecule has 1 aliphatic heterocycles. The van der Waals surface area contributed by atoms with Gasteiger partial charge in [0.25, 0.3) is 0 Å². The summed E-state index contributed by atoms with van der Waals surface area (Å²) in [6, 6.07) is 10.5. The summed E-state index contributed by atoms with van der Waals surface area (Å²) in [5.74, 6) is 0.733. The minimum Gasteiger partial charge on any atom is -0.757 e. The van der Waals surface area contributed by atoms with Crippen molar-refractivity contribution in [1.29, 1.82) is 0 Å². The zero-order valence-corrected chi connectivity index (χ0v) is 17.9. The summed E-state index contributed by atoms with van der Waals surface area (Å²) in [6.07, 6.45) is 3.84. The molecule has 2 aromatic heterocycles. The maximum absolute atomic E-state index is 15.1. The molecule has 0 unspecified atom stereocenters. The molecule has 2 fully saturated rings. The highest BCUT2D eigenvalue weighted by Gasteiger charge is 2.23. The van der Waals surface area contributed by atoms with Crippen molar-refractivity contribution in [2.75, 3.05) is 36.2 Å². The van der Waals surface area contributed by atoms with E-state index in [2.05, 4.69) is 4.98 Å². The third-order valence-electron chi connectivity index (χ3n) is 6.01. The molecule has 31 heavy (non-hydrogen) atoms. The van der Waals surface area contributed by atoms with E-state index in [0.717, 1.165) is 23.5 Å². The Labute approximate surface area is 180 Å². The molecule has 0 amide bonds. The Kier molecular flexibility index (Phi) is 5.19. The van der Waals surface area contributed by atoms with Gasteiger partial charge < -0.3 is 10.3 Å². The van der Waals surface area contributed by atoms with Crippen molar-refractivity contribution in [3.8, 4) is 11.3 Å². The van der Waals surface area contributed by atoms with Crippen molar-refractivity contribution >= 4 is 21.3 Å². The van der Waals surface area contributed by atoms with Crippen LogP contribution in [-0.2, 0) is 16.4 Å². The van der Waals surface area contributed by atoms with E-state index in [1.165, 1.54) is 6.07 Å². The Morgan fingerprint density at radius 2 is 1.94 bits per heavy atom. The first-order valence-corrected chi connectivity index (χ1v) is 12.3. The van der Waals surface area contributed by atoms with Gasteiger partial charge >= 0.3 is 0 Å². The number of halogens is 1. The Morgan fingerprint density at radius 1 is 1.16 bits per heavy atom. The van der Waals surface area contributed by atoms with Gasteiger partial charge in [-0.05, 0) is 48.6 Å². The fourth-order valence-electron chi connectivity index (χ4n) is 4.00. The Morgan fingerprint density at radius 3 is 2.65 bits per heavy atom. The van der Waals surface area contributed by atoms with E-state index < -0.39 is 9.84 Å². The van der Waals surface area contributed by atoms with Crippen molar-refractivity contribution in [2.24, 2.45) is 5.92 Å². The second-order valence-electron chi connectivity index (χ2n) is 8.48. The van der Waals surface area contributed by atoms with E-state index in [4.69, 9.17) is 0 Å². The van der Waals surface area contributed by atoms with E-state index in [9.17, 15) is 13.6 Å². The van der Waals surface area contributed by atoms with Crippen LogP contribution in [-0.4, -0.2) is 53.8 Å². The normalized spacial score (nSPS) is 19.0. The number of anilines is 1. The minimum atomic E-state index is -2.94. The molecule has 0 radical (unpaired) electrons. The highest BCUT2D eigenvalue weighted by molar-refractivity contribution is 7.91. The monoisotopic (exact) mass is 443 g/mol. The highest BCUT2D eigenvalue weighted by atomic mass is 32.2. The van der Waals surface area contributed by atoms with Gasteiger partial charge in [-0.1, -0.05) is 12.1 Å². The van der Waals surface area contributed by atoms with Crippen LogP contribution in [0.2, 0.25) is 0 Å². The summed E-state index contributed by atoms with van der Waals surface area (Å²) in [6.45, 7) is 1.89. The molecule has 5 rings (SSSR count). The first kappa shape index (κ1) is 20.4. The van der Waals surface area contributed by atoms with Crippen LogP contribution in [0.25, 0.3) is 16.9 Å². The highest BCUT2D eigenvalue weighted by Crippen LogP contribution is 2.32. The number of rotatable bonds is 6. The third kappa shape index (κ3) is 4.44. The summed E-state index contributed by atoms with van der Waals surface area (Å²) in [4.78, 5) is 6.44. The quantitative estimate of drug-likeness (QED) is 0.545. The van der Waals surface area contributed by atoms with E-state index in [-0.39, 0.29) is 17.3 Å². The van der Waals surface area contributed by atoms with Gasteiger partial charge in [-0.3, -0.25) is 9.30 Å². The summed E-state index contributed by atoms with van der Waals surface area (Å²) < 4.78 is 40.0. The van der Waals surface area contributed by atoms with Gasteiger partial charge in [0.15, 0.2) is 9.84 Å². The van der Waals surface area contributed by atoms with Crippen LogP contribution in [0.5, 0.6) is 0 Å². The first-order chi connectivity index (χ1) is 14.9. The van der Waals surface area contributed by atoms with E-state index >= 15 is 4.39 Å². The minimum absolute atomic E-state index is 0.149. The van der Waals surface area contributed by atoms with Crippen molar-refractivity contribution in [3.63, 3.8) is 0 Å². The molecule has 1 aromatic carbocycles. The van der Waals surface area contributed by atoms with Gasteiger partial charge in [0.05, 0.1) is 23.4 Å². The lowest BCUT2D eigenvalue weighted by Gasteiger charge is -2.27. The van der Waals surface area contributed by atoms with E-state index in [0.29, 0.717) is 54.8 Å². The molecule has 164 valence electrons. The van der Waals surface area contributed by atoms with Crippen molar-refractivity contribution in [3.05, 3.63) is 59.2 Å².